The number of rotatable bonds is 6. The molecule has 8 heteroatoms. The van der Waals surface area contributed by atoms with E-state index in [0.29, 0.717) is 19.6 Å². The van der Waals surface area contributed by atoms with Gasteiger partial charge in [-0.25, -0.2) is 9.59 Å². The highest BCUT2D eigenvalue weighted by Crippen LogP contribution is 2.32. The smallest absolute Gasteiger partial charge is 0.414 e. The van der Waals surface area contributed by atoms with Crippen molar-refractivity contribution in [3.8, 4) is 0 Å². The minimum Gasteiger partial charge on any atom is -0.473 e. The third kappa shape index (κ3) is 5.54. The van der Waals surface area contributed by atoms with Crippen molar-refractivity contribution in [2.45, 2.75) is 45.3 Å². The summed E-state index contributed by atoms with van der Waals surface area (Å²) >= 11 is 0. The number of nitrogens with zero attached hydrogens (tertiary/aromatic N) is 1. The van der Waals surface area contributed by atoms with Gasteiger partial charge in [-0.3, -0.25) is 0 Å². The van der Waals surface area contributed by atoms with E-state index in [-0.39, 0.29) is 6.61 Å². The number of fused-ring (bicyclic) bond motifs is 3. The van der Waals surface area contributed by atoms with Crippen molar-refractivity contribution in [1.29, 1.82) is 0 Å². The van der Waals surface area contributed by atoms with Crippen LogP contribution in [-0.2, 0) is 29.0 Å². The number of aliphatic hydroxyl groups excluding tert-OH is 2. The number of hydrogen-bond donors (Lipinski definition) is 5. The van der Waals surface area contributed by atoms with Gasteiger partial charge >= 0.3 is 11.9 Å². The maximum Gasteiger partial charge on any atom is 0.414 e. The SMILES string of the molecule is Cc1ccc2c(c1)c1c(n2CC(O)CNCCO)CCCC1.O=C(O)C(=O)O. The number of aromatic nitrogens is 1. The van der Waals surface area contributed by atoms with Gasteiger partial charge < -0.3 is 30.3 Å². The second kappa shape index (κ2) is 10.2. The summed E-state index contributed by atoms with van der Waals surface area (Å²) in [6.07, 6.45) is 4.33. The van der Waals surface area contributed by atoms with Gasteiger partial charge in [0.15, 0.2) is 0 Å². The number of aliphatic hydroxyl groups is 2. The number of carboxylic acids is 2. The van der Waals surface area contributed by atoms with Crippen LogP contribution in [0.4, 0.5) is 0 Å². The van der Waals surface area contributed by atoms with E-state index in [1.807, 2.05) is 0 Å². The molecule has 0 spiro atoms. The van der Waals surface area contributed by atoms with Gasteiger partial charge in [0.2, 0.25) is 0 Å². The molecule has 154 valence electrons. The normalized spacial score (nSPS) is 14.1. The molecule has 0 saturated carbocycles. The fraction of sp³-hybridized carbons (Fsp3) is 0.500. The maximum atomic E-state index is 10.3. The summed E-state index contributed by atoms with van der Waals surface area (Å²) in [7, 11) is 0. The zero-order chi connectivity index (χ0) is 20.7. The van der Waals surface area contributed by atoms with Crippen LogP contribution >= 0.6 is 0 Å². The summed E-state index contributed by atoms with van der Waals surface area (Å²) in [5.74, 6) is -3.65. The van der Waals surface area contributed by atoms with Crippen LogP contribution in [0.5, 0.6) is 0 Å². The summed E-state index contributed by atoms with van der Waals surface area (Å²) < 4.78 is 2.31. The fourth-order valence-electron chi connectivity index (χ4n) is 3.58. The van der Waals surface area contributed by atoms with Crippen LogP contribution in [0.15, 0.2) is 18.2 Å². The molecule has 1 aliphatic rings. The average Bonchev–Trinajstić information content (AvgIpc) is 2.96. The topological polar surface area (TPSA) is 132 Å². The van der Waals surface area contributed by atoms with Gasteiger partial charge in [0.1, 0.15) is 0 Å². The van der Waals surface area contributed by atoms with E-state index in [0.717, 1.165) is 12.8 Å². The zero-order valence-corrected chi connectivity index (χ0v) is 16.0. The maximum absolute atomic E-state index is 10.3. The van der Waals surface area contributed by atoms with Crippen LogP contribution in [0.2, 0.25) is 0 Å². The zero-order valence-electron chi connectivity index (χ0n) is 16.0. The average molecular weight is 392 g/mol. The van der Waals surface area contributed by atoms with Crippen LogP contribution in [-0.4, -0.2) is 62.7 Å². The molecule has 0 bridgehead atoms. The Morgan fingerprint density at radius 2 is 1.86 bits per heavy atom. The molecule has 0 radical (unpaired) electrons. The molecular formula is C20H28N2O6. The van der Waals surface area contributed by atoms with Gasteiger partial charge in [-0.05, 0) is 50.3 Å². The molecule has 0 fully saturated rings. The third-order valence-corrected chi connectivity index (χ3v) is 4.78. The molecule has 1 aliphatic carbocycles. The number of hydrogen-bond acceptors (Lipinski definition) is 5. The molecule has 8 nitrogen and oxygen atoms in total. The van der Waals surface area contributed by atoms with Crippen molar-refractivity contribution < 1.29 is 30.0 Å². The summed E-state index contributed by atoms with van der Waals surface area (Å²) in [6, 6.07) is 6.63. The van der Waals surface area contributed by atoms with E-state index in [1.54, 1.807) is 0 Å². The van der Waals surface area contributed by atoms with Crippen LogP contribution < -0.4 is 5.32 Å². The molecule has 1 heterocycles. The number of nitrogens with one attached hydrogen (secondary N) is 1. The van der Waals surface area contributed by atoms with Gasteiger partial charge in [-0.1, -0.05) is 11.6 Å². The number of benzene rings is 1. The lowest BCUT2D eigenvalue weighted by Crippen LogP contribution is -2.32. The largest absolute Gasteiger partial charge is 0.473 e. The second-order valence-corrected chi connectivity index (χ2v) is 6.96. The molecule has 0 amide bonds. The lowest BCUT2D eigenvalue weighted by atomic mass is 9.95. The van der Waals surface area contributed by atoms with Gasteiger partial charge in [-0.15, -0.1) is 0 Å². The Morgan fingerprint density at radius 1 is 1.18 bits per heavy atom. The molecule has 3 rings (SSSR count). The van der Waals surface area contributed by atoms with Crippen molar-refractivity contribution in [1.82, 2.24) is 9.88 Å². The quantitative estimate of drug-likeness (QED) is 0.365. The summed E-state index contributed by atoms with van der Waals surface area (Å²) in [5, 5.41) is 38.3. The van der Waals surface area contributed by atoms with Crippen LogP contribution in [0.1, 0.15) is 29.7 Å². The molecule has 2 aromatic rings. The van der Waals surface area contributed by atoms with E-state index in [1.165, 1.54) is 40.6 Å². The lowest BCUT2D eigenvalue weighted by Gasteiger charge is -2.19. The first-order chi connectivity index (χ1) is 13.3. The highest BCUT2D eigenvalue weighted by atomic mass is 16.4. The predicted molar refractivity (Wildman–Crippen MR) is 105 cm³/mol. The van der Waals surface area contributed by atoms with Crippen LogP contribution in [0.25, 0.3) is 10.9 Å². The van der Waals surface area contributed by atoms with Crippen molar-refractivity contribution in [2.75, 3.05) is 19.7 Å². The Labute approximate surface area is 163 Å². The number of aliphatic carboxylic acids is 2. The van der Waals surface area contributed by atoms with Gasteiger partial charge in [0, 0.05) is 29.7 Å². The monoisotopic (exact) mass is 392 g/mol. The summed E-state index contributed by atoms with van der Waals surface area (Å²) in [6.45, 7) is 3.91. The van der Waals surface area contributed by atoms with Crippen molar-refractivity contribution in [3.05, 3.63) is 35.0 Å². The Kier molecular flexibility index (Phi) is 7.98. The first-order valence-electron chi connectivity index (χ1n) is 9.41. The van der Waals surface area contributed by atoms with E-state index in [9.17, 15) is 5.11 Å². The Hall–Kier alpha value is -2.42. The molecule has 0 saturated heterocycles. The van der Waals surface area contributed by atoms with Crippen molar-refractivity contribution in [3.63, 3.8) is 0 Å². The summed E-state index contributed by atoms with van der Waals surface area (Å²) in [4.78, 5) is 18.2. The molecule has 1 unspecified atom stereocenters. The van der Waals surface area contributed by atoms with E-state index < -0.39 is 18.0 Å². The lowest BCUT2D eigenvalue weighted by molar-refractivity contribution is -0.159. The van der Waals surface area contributed by atoms with E-state index >= 15 is 0 Å². The molecular weight excluding hydrogens is 364 g/mol. The highest BCUT2D eigenvalue weighted by Gasteiger charge is 2.21. The van der Waals surface area contributed by atoms with Gasteiger partial charge in [0.05, 0.1) is 19.3 Å². The van der Waals surface area contributed by atoms with Crippen molar-refractivity contribution >= 4 is 22.8 Å². The Morgan fingerprint density at radius 3 is 2.50 bits per heavy atom. The van der Waals surface area contributed by atoms with Crippen LogP contribution in [0, 0.1) is 6.92 Å². The molecule has 1 aromatic carbocycles. The Bertz CT molecular complexity index is 818. The first kappa shape index (κ1) is 21.9. The minimum atomic E-state index is -1.82. The summed E-state index contributed by atoms with van der Waals surface area (Å²) in [5.41, 5.74) is 5.44. The standard InChI is InChI=1S/C18H26N2O2.C2H2O4/c1-13-6-7-18-16(10-13)15-4-2-3-5-17(15)20(18)12-14(22)11-19-8-9-21;3-1(4)2(5)6/h6-7,10,14,19,21-22H,2-5,8-9,11-12H2,1H3;(H,3,4)(H,5,6). The number of carboxylic acid groups (broad SMARTS) is 2. The van der Waals surface area contributed by atoms with Gasteiger partial charge in [-0.2, -0.15) is 0 Å². The predicted octanol–water partition coefficient (Wildman–Crippen LogP) is 0.927. The molecule has 28 heavy (non-hydrogen) atoms. The Balaban J connectivity index is 0.000000409. The first-order valence-corrected chi connectivity index (χ1v) is 9.41. The molecule has 1 atom stereocenters. The van der Waals surface area contributed by atoms with E-state index in [4.69, 9.17) is 24.9 Å². The van der Waals surface area contributed by atoms with Crippen molar-refractivity contribution in [2.24, 2.45) is 0 Å². The minimum absolute atomic E-state index is 0.105. The third-order valence-electron chi connectivity index (χ3n) is 4.78. The molecule has 5 N–H and O–H groups in total. The van der Waals surface area contributed by atoms with E-state index in [2.05, 4.69) is 35.0 Å². The van der Waals surface area contributed by atoms with Crippen LogP contribution in [0.3, 0.4) is 0 Å². The number of carbonyl (C=O) groups is 2. The van der Waals surface area contributed by atoms with Gasteiger partial charge in [0.25, 0.3) is 0 Å². The second-order valence-electron chi connectivity index (χ2n) is 6.96. The fourth-order valence-corrected chi connectivity index (χ4v) is 3.58. The molecule has 0 aliphatic heterocycles. The molecule has 1 aromatic heterocycles. The highest BCUT2D eigenvalue weighted by molar-refractivity contribution is 6.27. The number of aryl methyl sites for hydroxylation is 2.